The lowest BCUT2D eigenvalue weighted by Crippen LogP contribution is -2.23. The van der Waals surface area contributed by atoms with Crippen molar-refractivity contribution in [2.45, 2.75) is 11.4 Å². The molecule has 2 heterocycles. The first-order valence-electron chi connectivity index (χ1n) is 6.63. The summed E-state index contributed by atoms with van der Waals surface area (Å²) in [6.07, 6.45) is 4.91. The average Bonchev–Trinajstić information content (AvgIpc) is 3.01. The van der Waals surface area contributed by atoms with Crippen LogP contribution in [0, 0.1) is 0 Å². The number of pyridine rings is 1. The van der Waals surface area contributed by atoms with Gasteiger partial charge in [-0.05, 0) is 29.8 Å². The fourth-order valence-corrected chi connectivity index (χ4v) is 3.11. The lowest BCUT2D eigenvalue weighted by molar-refractivity contribution is 0.414. The predicted octanol–water partition coefficient (Wildman–Crippen LogP) is 1.82. The number of methoxy groups -OCH3 is 1. The highest BCUT2D eigenvalue weighted by molar-refractivity contribution is 7.89. The summed E-state index contributed by atoms with van der Waals surface area (Å²) in [5.74, 6) is 0.734. The number of sulfonamides is 1. The highest BCUT2D eigenvalue weighted by Crippen LogP contribution is 2.14. The molecule has 3 aromatic rings. The molecule has 0 radical (unpaired) electrons. The SMILES string of the molecule is COc1ccc(CNS(=O)(=O)c2ccn3cncc3c2)cc1. The minimum Gasteiger partial charge on any atom is -0.497 e. The van der Waals surface area contributed by atoms with Crippen molar-refractivity contribution < 1.29 is 13.2 Å². The molecule has 6 nitrogen and oxygen atoms in total. The Morgan fingerprint density at radius 1 is 1.23 bits per heavy atom. The van der Waals surface area contributed by atoms with Crippen molar-refractivity contribution in [1.82, 2.24) is 14.1 Å². The first-order chi connectivity index (χ1) is 10.6. The molecular weight excluding hydrogens is 302 g/mol. The monoisotopic (exact) mass is 317 g/mol. The number of imidazole rings is 1. The third kappa shape index (κ3) is 2.95. The predicted molar refractivity (Wildman–Crippen MR) is 82.2 cm³/mol. The third-order valence-electron chi connectivity index (χ3n) is 3.32. The molecular formula is C15H15N3O3S. The van der Waals surface area contributed by atoms with Crippen molar-refractivity contribution in [2.24, 2.45) is 0 Å². The van der Waals surface area contributed by atoms with Crippen LogP contribution < -0.4 is 9.46 Å². The van der Waals surface area contributed by atoms with Crippen LogP contribution in [0.25, 0.3) is 5.52 Å². The highest BCUT2D eigenvalue weighted by Gasteiger charge is 2.14. The number of rotatable bonds is 5. The summed E-state index contributed by atoms with van der Waals surface area (Å²) < 4.78 is 34.1. The van der Waals surface area contributed by atoms with E-state index >= 15 is 0 Å². The highest BCUT2D eigenvalue weighted by atomic mass is 32.2. The normalized spacial score (nSPS) is 11.7. The van der Waals surface area contributed by atoms with Crippen molar-refractivity contribution in [3.8, 4) is 5.75 Å². The molecule has 114 valence electrons. The summed E-state index contributed by atoms with van der Waals surface area (Å²) in [4.78, 5) is 4.19. The molecule has 7 heteroatoms. The Labute approximate surface area is 128 Å². The Morgan fingerprint density at radius 2 is 2.00 bits per heavy atom. The fraction of sp³-hybridized carbons (Fsp3) is 0.133. The molecule has 0 aliphatic rings. The maximum atomic E-state index is 12.3. The third-order valence-corrected chi connectivity index (χ3v) is 4.72. The molecule has 0 saturated carbocycles. The summed E-state index contributed by atoms with van der Waals surface area (Å²) in [5, 5.41) is 0. The largest absolute Gasteiger partial charge is 0.497 e. The first kappa shape index (κ1) is 14.6. The van der Waals surface area contributed by atoms with Crippen molar-refractivity contribution in [2.75, 3.05) is 7.11 Å². The van der Waals surface area contributed by atoms with Crippen LogP contribution in [-0.2, 0) is 16.6 Å². The summed E-state index contributed by atoms with van der Waals surface area (Å²) in [7, 11) is -1.98. The molecule has 0 bridgehead atoms. The number of hydrogen-bond acceptors (Lipinski definition) is 4. The Kier molecular flexibility index (Phi) is 3.82. The van der Waals surface area contributed by atoms with Crippen molar-refractivity contribution in [3.63, 3.8) is 0 Å². The van der Waals surface area contributed by atoms with Gasteiger partial charge in [-0.3, -0.25) is 0 Å². The number of benzene rings is 1. The smallest absolute Gasteiger partial charge is 0.241 e. The summed E-state index contributed by atoms with van der Waals surface area (Å²) >= 11 is 0. The van der Waals surface area contributed by atoms with Gasteiger partial charge in [0.2, 0.25) is 10.0 Å². The molecule has 0 fully saturated rings. The van der Waals surface area contributed by atoms with Crippen LogP contribution in [-0.4, -0.2) is 24.9 Å². The maximum Gasteiger partial charge on any atom is 0.241 e. The van der Waals surface area contributed by atoms with Crippen LogP contribution in [0.1, 0.15) is 5.56 Å². The molecule has 0 saturated heterocycles. The van der Waals surface area contributed by atoms with Gasteiger partial charge >= 0.3 is 0 Å². The van der Waals surface area contributed by atoms with E-state index in [1.54, 1.807) is 54.5 Å². The average molecular weight is 317 g/mol. The molecule has 0 amide bonds. The second-order valence-electron chi connectivity index (χ2n) is 4.76. The van der Waals surface area contributed by atoms with E-state index in [0.717, 1.165) is 16.8 Å². The van der Waals surface area contributed by atoms with Crippen molar-refractivity contribution in [3.05, 3.63) is 60.7 Å². The van der Waals surface area contributed by atoms with Gasteiger partial charge in [0.05, 0.1) is 30.0 Å². The Bertz CT molecular complexity index is 886. The molecule has 0 atom stereocenters. The molecule has 1 N–H and O–H groups in total. The van der Waals surface area contributed by atoms with Crippen molar-refractivity contribution in [1.29, 1.82) is 0 Å². The van der Waals surface area contributed by atoms with Crippen LogP contribution in [0.2, 0.25) is 0 Å². The zero-order valence-corrected chi connectivity index (χ0v) is 12.7. The van der Waals surface area contributed by atoms with E-state index in [-0.39, 0.29) is 11.4 Å². The van der Waals surface area contributed by atoms with E-state index in [2.05, 4.69) is 9.71 Å². The topological polar surface area (TPSA) is 72.7 Å². The number of nitrogens with zero attached hydrogens (tertiary/aromatic N) is 2. The summed E-state index contributed by atoms with van der Waals surface area (Å²) in [6, 6.07) is 10.4. The second-order valence-corrected chi connectivity index (χ2v) is 6.53. The molecule has 0 unspecified atom stereocenters. The molecule has 22 heavy (non-hydrogen) atoms. The fourth-order valence-electron chi connectivity index (χ4n) is 2.07. The Balaban J connectivity index is 1.77. The van der Waals surface area contributed by atoms with Gasteiger partial charge in [0.1, 0.15) is 5.75 Å². The summed E-state index contributed by atoms with van der Waals surface area (Å²) in [5.41, 5.74) is 1.59. The molecule has 1 aromatic carbocycles. The summed E-state index contributed by atoms with van der Waals surface area (Å²) in [6.45, 7) is 0.219. The van der Waals surface area contributed by atoms with Gasteiger partial charge in [0, 0.05) is 12.7 Å². The second kappa shape index (κ2) is 5.78. The van der Waals surface area contributed by atoms with Crippen molar-refractivity contribution >= 4 is 15.5 Å². The molecule has 0 spiro atoms. The molecule has 0 aliphatic heterocycles. The van der Waals surface area contributed by atoms with Gasteiger partial charge < -0.3 is 9.14 Å². The number of fused-ring (bicyclic) bond motifs is 1. The van der Waals surface area contributed by atoms with E-state index in [0.29, 0.717) is 0 Å². The maximum absolute atomic E-state index is 12.3. The lowest BCUT2D eigenvalue weighted by atomic mass is 10.2. The van der Waals surface area contributed by atoms with Crippen LogP contribution in [0.4, 0.5) is 0 Å². The van der Waals surface area contributed by atoms with Gasteiger partial charge in [-0.2, -0.15) is 0 Å². The number of nitrogens with one attached hydrogen (secondary N) is 1. The lowest BCUT2D eigenvalue weighted by Gasteiger charge is -2.08. The standard InChI is InChI=1S/C15H15N3O3S/c1-21-14-4-2-12(3-5-14)9-17-22(19,20)15-6-7-18-11-16-10-13(18)8-15/h2-8,10-11,17H,9H2,1H3. The van der Waals surface area contributed by atoms with E-state index in [9.17, 15) is 8.42 Å². The van der Waals surface area contributed by atoms with Gasteiger partial charge in [-0.15, -0.1) is 0 Å². The van der Waals surface area contributed by atoms with E-state index in [1.165, 1.54) is 0 Å². The zero-order chi connectivity index (χ0) is 15.6. The van der Waals surface area contributed by atoms with Crippen LogP contribution in [0.3, 0.4) is 0 Å². The van der Waals surface area contributed by atoms with Gasteiger partial charge in [-0.1, -0.05) is 12.1 Å². The minimum atomic E-state index is -3.57. The van der Waals surface area contributed by atoms with Gasteiger partial charge in [0.15, 0.2) is 0 Å². The minimum absolute atomic E-state index is 0.217. The number of hydrogen-bond donors (Lipinski definition) is 1. The van der Waals surface area contributed by atoms with Crippen LogP contribution >= 0.6 is 0 Å². The Hall–Kier alpha value is -2.38. The molecule has 3 rings (SSSR count). The zero-order valence-electron chi connectivity index (χ0n) is 11.9. The molecule has 2 aromatic heterocycles. The van der Waals surface area contributed by atoms with E-state index in [4.69, 9.17) is 4.74 Å². The quantitative estimate of drug-likeness (QED) is 0.779. The van der Waals surface area contributed by atoms with Crippen LogP contribution in [0.15, 0.2) is 60.0 Å². The van der Waals surface area contributed by atoms with E-state index in [1.807, 2.05) is 12.1 Å². The number of ether oxygens (including phenoxy) is 1. The van der Waals surface area contributed by atoms with Crippen LogP contribution in [0.5, 0.6) is 5.75 Å². The van der Waals surface area contributed by atoms with Gasteiger partial charge in [0.25, 0.3) is 0 Å². The number of aromatic nitrogens is 2. The Morgan fingerprint density at radius 3 is 2.73 bits per heavy atom. The molecule has 0 aliphatic carbocycles. The van der Waals surface area contributed by atoms with Gasteiger partial charge in [-0.25, -0.2) is 18.1 Å². The first-order valence-corrected chi connectivity index (χ1v) is 8.11. The van der Waals surface area contributed by atoms with E-state index < -0.39 is 10.0 Å².